The lowest BCUT2D eigenvalue weighted by Crippen LogP contribution is -2.38. The van der Waals surface area contributed by atoms with Crippen molar-refractivity contribution in [1.29, 1.82) is 0 Å². The van der Waals surface area contributed by atoms with Crippen molar-refractivity contribution in [3.05, 3.63) is 107 Å². The summed E-state index contributed by atoms with van der Waals surface area (Å²) in [6.45, 7) is 7.23. The Balaban J connectivity index is 1.71. The van der Waals surface area contributed by atoms with Crippen LogP contribution < -0.4 is 4.74 Å². The third-order valence-corrected chi connectivity index (χ3v) is 6.56. The molecule has 1 fully saturated rings. The van der Waals surface area contributed by atoms with Gasteiger partial charge in [0.05, 0.1) is 11.6 Å². The molecule has 186 valence electrons. The fourth-order valence-corrected chi connectivity index (χ4v) is 4.51. The van der Waals surface area contributed by atoms with Crippen LogP contribution in [0.15, 0.2) is 90.5 Å². The second-order valence-electron chi connectivity index (χ2n) is 8.73. The number of rotatable bonds is 10. The van der Waals surface area contributed by atoms with E-state index in [1.807, 2.05) is 60.7 Å². The van der Waals surface area contributed by atoms with E-state index in [0.717, 1.165) is 24.2 Å². The number of aliphatic hydroxyl groups excluding tert-OH is 1. The average Bonchev–Trinajstić information content (AvgIpc) is 3.18. The van der Waals surface area contributed by atoms with Gasteiger partial charge in [0.25, 0.3) is 11.7 Å². The number of aliphatic hydroxyl groups is 1. The van der Waals surface area contributed by atoms with E-state index in [2.05, 4.69) is 18.7 Å². The van der Waals surface area contributed by atoms with Crippen LogP contribution in [0.25, 0.3) is 5.76 Å². The van der Waals surface area contributed by atoms with Gasteiger partial charge < -0.3 is 19.6 Å². The molecule has 0 radical (unpaired) electrons. The summed E-state index contributed by atoms with van der Waals surface area (Å²) in [6, 6.07) is 25.5. The lowest BCUT2D eigenvalue weighted by Gasteiger charge is -2.28. The van der Waals surface area contributed by atoms with Gasteiger partial charge in [0.15, 0.2) is 0 Å². The monoisotopic (exact) mass is 484 g/mol. The Morgan fingerprint density at radius 2 is 1.58 bits per heavy atom. The van der Waals surface area contributed by atoms with E-state index in [-0.39, 0.29) is 11.3 Å². The highest BCUT2D eigenvalue weighted by Gasteiger charge is 2.46. The van der Waals surface area contributed by atoms with Crippen LogP contribution in [-0.2, 0) is 16.2 Å². The van der Waals surface area contributed by atoms with E-state index in [4.69, 9.17) is 4.74 Å². The molecule has 1 aliphatic heterocycles. The van der Waals surface area contributed by atoms with Gasteiger partial charge in [-0.3, -0.25) is 9.59 Å². The molecule has 0 bridgehead atoms. The Morgan fingerprint density at radius 1 is 0.917 bits per heavy atom. The van der Waals surface area contributed by atoms with Crippen molar-refractivity contribution >= 4 is 17.4 Å². The molecular formula is C30H32N2O4. The van der Waals surface area contributed by atoms with Gasteiger partial charge in [-0.05, 0) is 36.3 Å². The van der Waals surface area contributed by atoms with Gasteiger partial charge >= 0.3 is 0 Å². The number of Topliss-reactive ketones (excluding diaryl/α,β-unsaturated/α-hetero) is 1. The standard InChI is InChI=1S/C30H32N2O4/c1-3-31(4-2)18-19-32-27(26(29(34)30(32)35)28(33)23-14-9-6-10-15-23)24-16-11-17-25(20-24)36-21-22-12-7-5-8-13-22/h5-17,20,27,33H,3-4,18-19,21H2,1-2H3/b28-26+. The fourth-order valence-electron chi connectivity index (χ4n) is 4.51. The fraction of sp³-hybridized carbons (Fsp3) is 0.267. The SMILES string of the molecule is CCN(CC)CCN1C(=O)C(=O)/C(=C(/O)c2ccccc2)C1c1cccc(OCc2ccccc2)c1. The van der Waals surface area contributed by atoms with E-state index in [9.17, 15) is 14.7 Å². The number of ether oxygens (including phenoxy) is 1. The summed E-state index contributed by atoms with van der Waals surface area (Å²) in [5, 5.41) is 11.2. The molecular weight excluding hydrogens is 452 g/mol. The number of nitrogens with zero attached hydrogens (tertiary/aromatic N) is 2. The van der Waals surface area contributed by atoms with Crippen LogP contribution in [0.1, 0.15) is 36.6 Å². The Bertz CT molecular complexity index is 1220. The number of hydrogen-bond acceptors (Lipinski definition) is 5. The van der Waals surface area contributed by atoms with Crippen molar-refractivity contribution in [3.63, 3.8) is 0 Å². The first-order chi connectivity index (χ1) is 17.5. The number of likely N-dealkylation sites (N-methyl/N-ethyl adjacent to an activating group) is 1. The van der Waals surface area contributed by atoms with Crippen molar-refractivity contribution in [2.45, 2.75) is 26.5 Å². The van der Waals surface area contributed by atoms with E-state index in [1.54, 1.807) is 29.2 Å². The molecule has 3 aromatic carbocycles. The second kappa shape index (κ2) is 11.7. The third kappa shape index (κ3) is 5.50. The summed E-state index contributed by atoms with van der Waals surface area (Å²) in [7, 11) is 0. The topological polar surface area (TPSA) is 70.1 Å². The zero-order valence-corrected chi connectivity index (χ0v) is 20.8. The maximum atomic E-state index is 13.2. The van der Waals surface area contributed by atoms with Crippen molar-refractivity contribution in [3.8, 4) is 5.75 Å². The highest BCUT2D eigenvalue weighted by molar-refractivity contribution is 6.46. The number of likely N-dealkylation sites (tertiary alicyclic amines) is 1. The zero-order chi connectivity index (χ0) is 25.5. The summed E-state index contributed by atoms with van der Waals surface area (Å²) >= 11 is 0. The van der Waals surface area contributed by atoms with Gasteiger partial charge in [-0.25, -0.2) is 0 Å². The first kappa shape index (κ1) is 25.2. The maximum absolute atomic E-state index is 13.2. The van der Waals surface area contributed by atoms with Crippen LogP contribution in [0.5, 0.6) is 5.75 Å². The quantitative estimate of drug-likeness (QED) is 0.248. The van der Waals surface area contributed by atoms with Crippen LogP contribution in [0.2, 0.25) is 0 Å². The molecule has 1 heterocycles. The Labute approximate surface area is 212 Å². The van der Waals surface area contributed by atoms with Crippen LogP contribution in [0.3, 0.4) is 0 Å². The highest BCUT2D eigenvalue weighted by Crippen LogP contribution is 2.40. The lowest BCUT2D eigenvalue weighted by molar-refractivity contribution is -0.140. The minimum Gasteiger partial charge on any atom is -0.507 e. The predicted molar refractivity (Wildman–Crippen MR) is 140 cm³/mol. The number of hydrogen-bond donors (Lipinski definition) is 1. The normalized spacial score (nSPS) is 17.1. The van der Waals surface area contributed by atoms with Crippen molar-refractivity contribution in [2.75, 3.05) is 26.2 Å². The van der Waals surface area contributed by atoms with Gasteiger partial charge in [-0.1, -0.05) is 86.6 Å². The third-order valence-electron chi connectivity index (χ3n) is 6.56. The summed E-state index contributed by atoms with van der Waals surface area (Å²) in [4.78, 5) is 30.2. The molecule has 1 aliphatic rings. The summed E-state index contributed by atoms with van der Waals surface area (Å²) in [5.74, 6) is -0.804. The molecule has 1 unspecified atom stereocenters. The van der Waals surface area contributed by atoms with Crippen molar-refractivity contribution < 1.29 is 19.4 Å². The Morgan fingerprint density at radius 3 is 2.25 bits per heavy atom. The molecule has 36 heavy (non-hydrogen) atoms. The number of amides is 1. The Kier molecular flexibility index (Phi) is 8.18. The highest BCUT2D eigenvalue weighted by atomic mass is 16.5. The van der Waals surface area contributed by atoms with Crippen LogP contribution in [0, 0.1) is 0 Å². The summed E-state index contributed by atoms with van der Waals surface area (Å²) in [5.41, 5.74) is 2.36. The summed E-state index contributed by atoms with van der Waals surface area (Å²) in [6.07, 6.45) is 0. The molecule has 6 heteroatoms. The number of carbonyl (C=O) groups excluding carboxylic acids is 2. The molecule has 0 saturated carbocycles. The number of benzene rings is 3. The van der Waals surface area contributed by atoms with Crippen LogP contribution in [-0.4, -0.2) is 52.8 Å². The van der Waals surface area contributed by atoms with Gasteiger partial charge in [0, 0.05) is 18.7 Å². The predicted octanol–water partition coefficient (Wildman–Crippen LogP) is 5.03. The van der Waals surface area contributed by atoms with Crippen LogP contribution >= 0.6 is 0 Å². The Hall–Kier alpha value is -3.90. The number of ketones is 1. The molecule has 1 amide bonds. The first-order valence-electron chi connectivity index (χ1n) is 12.4. The molecule has 1 saturated heterocycles. The largest absolute Gasteiger partial charge is 0.507 e. The average molecular weight is 485 g/mol. The maximum Gasteiger partial charge on any atom is 0.295 e. The second-order valence-corrected chi connectivity index (χ2v) is 8.73. The molecule has 1 N–H and O–H groups in total. The number of carbonyl (C=O) groups is 2. The van der Waals surface area contributed by atoms with Gasteiger partial charge in [-0.15, -0.1) is 0 Å². The lowest BCUT2D eigenvalue weighted by atomic mass is 9.95. The molecule has 4 rings (SSSR count). The molecule has 1 atom stereocenters. The minimum atomic E-state index is -0.707. The molecule has 0 aromatic heterocycles. The summed E-state index contributed by atoms with van der Waals surface area (Å²) < 4.78 is 6.02. The van der Waals surface area contributed by atoms with Gasteiger partial charge in [0.1, 0.15) is 18.1 Å². The molecule has 3 aromatic rings. The van der Waals surface area contributed by atoms with E-state index < -0.39 is 17.7 Å². The van der Waals surface area contributed by atoms with Crippen LogP contribution in [0.4, 0.5) is 0 Å². The van der Waals surface area contributed by atoms with Gasteiger partial charge in [-0.2, -0.15) is 0 Å². The smallest absolute Gasteiger partial charge is 0.295 e. The zero-order valence-electron chi connectivity index (χ0n) is 20.8. The van der Waals surface area contributed by atoms with Gasteiger partial charge in [0.2, 0.25) is 0 Å². The molecule has 6 nitrogen and oxygen atoms in total. The van der Waals surface area contributed by atoms with E-state index >= 15 is 0 Å². The van der Waals surface area contributed by atoms with Crippen molar-refractivity contribution in [1.82, 2.24) is 9.80 Å². The van der Waals surface area contributed by atoms with Crippen molar-refractivity contribution in [2.24, 2.45) is 0 Å². The minimum absolute atomic E-state index is 0.103. The van der Waals surface area contributed by atoms with E-state index in [1.165, 1.54) is 0 Å². The molecule has 0 aliphatic carbocycles. The molecule has 0 spiro atoms. The first-order valence-corrected chi connectivity index (χ1v) is 12.4. The van der Waals surface area contributed by atoms with E-state index in [0.29, 0.717) is 31.0 Å².